The van der Waals surface area contributed by atoms with Gasteiger partial charge in [0.1, 0.15) is 0 Å². The van der Waals surface area contributed by atoms with Gasteiger partial charge in [0.25, 0.3) is 0 Å². The molecule has 1 aromatic carbocycles. The maximum Gasteiger partial charge on any atom is 0.0703 e. The van der Waals surface area contributed by atoms with E-state index in [0.717, 1.165) is 12.1 Å². The Hall–Kier alpha value is -1.61. The van der Waals surface area contributed by atoms with Crippen LogP contribution in [-0.2, 0) is 0 Å². The molecule has 1 aromatic heterocycles. The van der Waals surface area contributed by atoms with Gasteiger partial charge in [0.2, 0.25) is 0 Å². The highest BCUT2D eigenvalue weighted by molar-refractivity contribution is 5.81. The van der Waals surface area contributed by atoms with Gasteiger partial charge in [-0.1, -0.05) is 18.2 Å². The molecular formula is C15H17N3. The van der Waals surface area contributed by atoms with Gasteiger partial charge in [0.15, 0.2) is 0 Å². The molecule has 2 aliphatic rings. The third-order valence-electron chi connectivity index (χ3n) is 4.25. The number of piperazine rings is 1. The molecule has 0 N–H and O–H groups in total. The van der Waals surface area contributed by atoms with Crippen molar-refractivity contribution < 1.29 is 0 Å². The molecule has 3 nitrogen and oxygen atoms in total. The van der Waals surface area contributed by atoms with E-state index in [0.29, 0.717) is 6.04 Å². The van der Waals surface area contributed by atoms with Crippen LogP contribution >= 0.6 is 0 Å². The van der Waals surface area contributed by atoms with Crippen LogP contribution in [0.3, 0.4) is 0 Å². The van der Waals surface area contributed by atoms with Gasteiger partial charge in [-0.05, 0) is 18.6 Å². The number of nitrogens with zero attached hydrogens (tertiary/aromatic N) is 3. The average molecular weight is 239 g/mol. The second kappa shape index (κ2) is 3.95. The second-order valence-electron chi connectivity index (χ2n) is 5.32. The topological polar surface area (TPSA) is 19.4 Å². The molecule has 0 spiro atoms. The molecular weight excluding hydrogens is 222 g/mol. The van der Waals surface area contributed by atoms with Gasteiger partial charge in [-0.15, -0.1) is 0 Å². The molecule has 2 aromatic rings. The van der Waals surface area contributed by atoms with Crippen LogP contribution in [0, 0.1) is 0 Å². The normalized spacial score (nSPS) is 26.8. The summed E-state index contributed by atoms with van der Waals surface area (Å²) in [5, 5.41) is 1.25. The van der Waals surface area contributed by atoms with Crippen LogP contribution in [0.1, 0.15) is 6.42 Å². The molecule has 0 aliphatic carbocycles. The Bertz CT molecular complexity index is 581. The fraction of sp³-hybridized carbons (Fsp3) is 0.400. The Morgan fingerprint density at radius 1 is 1.11 bits per heavy atom. The first-order chi connectivity index (χ1) is 8.90. The molecule has 0 saturated carbocycles. The number of benzene rings is 1. The van der Waals surface area contributed by atoms with Gasteiger partial charge < -0.3 is 4.90 Å². The van der Waals surface area contributed by atoms with Crippen molar-refractivity contribution in [2.45, 2.75) is 12.5 Å². The van der Waals surface area contributed by atoms with Crippen molar-refractivity contribution in [3.63, 3.8) is 0 Å². The molecule has 3 heterocycles. The lowest BCUT2D eigenvalue weighted by atomic mass is 10.1. The first-order valence-electron chi connectivity index (χ1n) is 6.74. The Kier molecular flexibility index (Phi) is 2.27. The van der Waals surface area contributed by atoms with Crippen LogP contribution in [0.5, 0.6) is 0 Å². The van der Waals surface area contributed by atoms with Gasteiger partial charge >= 0.3 is 0 Å². The van der Waals surface area contributed by atoms with Crippen molar-refractivity contribution in [1.29, 1.82) is 0 Å². The maximum absolute atomic E-state index is 4.58. The lowest BCUT2D eigenvalue weighted by Gasteiger charge is -2.36. The van der Waals surface area contributed by atoms with Crippen LogP contribution in [0.15, 0.2) is 36.5 Å². The number of aromatic nitrogens is 1. The molecule has 2 fully saturated rings. The number of rotatable bonds is 1. The zero-order valence-electron chi connectivity index (χ0n) is 10.4. The number of hydrogen-bond donors (Lipinski definition) is 0. The van der Waals surface area contributed by atoms with E-state index >= 15 is 0 Å². The number of anilines is 1. The minimum atomic E-state index is 0.696. The van der Waals surface area contributed by atoms with E-state index < -0.39 is 0 Å². The average Bonchev–Trinajstić information content (AvgIpc) is 2.80. The Balaban J connectivity index is 1.73. The minimum absolute atomic E-state index is 0.696. The molecule has 4 rings (SSSR count). The smallest absolute Gasteiger partial charge is 0.0703 e. The Labute approximate surface area is 107 Å². The highest BCUT2D eigenvalue weighted by atomic mass is 15.3. The third kappa shape index (κ3) is 1.58. The predicted molar refractivity (Wildman–Crippen MR) is 73.9 cm³/mol. The molecule has 2 unspecified atom stereocenters. The summed E-state index contributed by atoms with van der Waals surface area (Å²) in [5.74, 6) is 0. The Morgan fingerprint density at radius 3 is 3.06 bits per heavy atom. The van der Waals surface area contributed by atoms with Crippen molar-refractivity contribution in [2.24, 2.45) is 0 Å². The standard InChI is InChI=1S/C15H17N3/c1-2-4-15-12(3-1)9-14(10-16-15)18-8-7-17-6-5-13(18)11-17/h1-4,9-10,13H,5-8,11H2. The van der Waals surface area contributed by atoms with E-state index in [2.05, 4.69) is 39.0 Å². The summed E-state index contributed by atoms with van der Waals surface area (Å²) in [5.41, 5.74) is 2.38. The molecule has 0 radical (unpaired) electrons. The largest absolute Gasteiger partial charge is 0.365 e. The summed E-state index contributed by atoms with van der Waals surface area (Å²) in [6.45, 7) is 4.84. The Morgan fingerprint density at radius 2 is 2.06 bits per heavy atom. The number of para-hydroxylation sites is 1. The molecule has 18 heavy (non-hydrogen) atoms. The fourth-order valence-corrected chi connectivity index (χ4v) is 3.26. The highest BCUT2D eigenvalue weighted by Gasteiger charge is 2.32. The van der Waals surface area contributed by atoms with Crippen molar-refractivity contribution in [3.05, 3.63) is 36.5 Å². The molecule has 3 heteroatoms. The van der Waals surface area contributed by atoms with Crippen molar-refractivity contribution >= 4 is 16.6 Å². The van der Waals surface area contributed by atoms with Crippen LogP contribution in [-0.4, -0.2) is 42.1 Å². The van der Waals surface area contributed by atoms with Gasteiger partial charge in [-0.2, -0.15) is 0 Å². The SMILES string of the molecule is c1ccc2ncc(N3CCN4CCC3C4)cc2c1. The summed E-state index contributed by atoms with van der Waals surface area (Å²) in [4.78, 5) is 9.69. The molecule has 2 aliphatic heterocycles. The van der Waals surface area contributed by atoms with E-state index in [1.54, 1.807) is 0 Å². The van der Waals surface area contributed by atoms with E-state index in [-0.39, 0.29) is 0 Å². The van der Waals surface area contributed by atoms with Gasteiger partial charge in [0.05, 0.1) is 17.4 Å². The molecule has 2 atom stereocenters. The molecule has 2 bridgehead atoms. The van der Waals surface area contributed by atoms with E-state index in [1.807, 2.05) is 12.3 Å². The van der Waals surface area contributed by atoms with E-state index in [4.69, 9.17) is 0 Å². The van der Waals surface area contributed by atoms with Crippen LogP contribution in [0.4, 0.5) is 5.69 Å². The highest BCUT2D eigenvalue weighted by Crippen LogP contribution is 2.28. The lowest BCUT2D eigenvalue weighted by molar-refractivity contribution is 0.311. The minimum Gasteiger partial charge on any atom is -0.365 e. The van der Waals surface area contributed by atoms with Crippen molar-refractivity contribution in [3.8, 4) is 0 Å². The predicted octanol–water partition coefficient (Wildman–Crippen LogP) is 2.13. The zero-order valence-corrected chi connectivity index (χ0v) is 10.4. The molecule has 92 valence electrons. The summed E-state index contributed by atoms with van der Waals surface area (Å²) >= 11 is 0. The number of hydrogen-bond acceptors (Lipinski definition) is 3. The number of fused-ring (bicyclic) bond motifs is 3. The quantitative estimate of drug-likeness (QED) is 0.760. The molecule has 0 amide bonds. The lowest BCUT2D eigenvalue weighted by Crippen LogP contribution is -2.46. The first kappa shape index (κ1) is 10.3. The van der Waals surface area contributed by atoms with Crippen molar-refractivity contribution in [2.75, 3.05) is 31.1 Å². The van der Waals surface area contributed by atoms with Gasteiger partial charge in [0, 0.05) is 37.6 Å². The maximum atomic E-state index is 4.58. The zero-order chi connectivity index (χ0) is 11.9. The number of pyridine rings is 1. The summed E-state index contributed by atoms with van der Waals surface area (Å²) in [6, 6.07) is 11.3. The summed E-state index contributed by atoms with van der Waals surface area (Å²) < 4.78 is 0. The van der Waals surface area contributed by atoms with Crippen LogP contribution < -0.4 is 4.90 Å². The van der Waals surface area contributed by atoms with Gasteiger partial charge in [-0.25, -0.2) is 0 Å². The summed E-state index contributed by atoms with van der Waals surface area (Å²) in [6.07, 6.45) is 3.34. The van der Waals surface area contributed by atoms with E-state index in [1.165, 1.54) is 37.1 Å². The fourth-order valence-electron chi connectivity index (χ4n) is 3.26. The second-order valence-corrected chi connectivity index (χ2v) is 5.32. The first-order valence-corrected chi connectivity index (χ1v) is 6.74. The van der Waals surface area contributed by atoms with E-state index in [9.17, 15) is 0 Å². The monoisotopic (exact) mass is 239 g/mol. The van der Waals surface area contributed by atoms with Crippen LogP contribution in [0.2, 0.25) is 0 Å². The van der Waals surface area contributed by atoms with Crippen molar-refractivity contribution in [1.82, 2.24) is 9.88 Å². The summed E-state index contributed by atoms with van der Waals surface area (Å²) in [7, 11) is 0. The molecule has 2 saturated heterocycles. The third-order valence-corrected chi connectivity index (χ3v) is 4.25. The van der Waals surface area contributed by atoms with Crippen LogP contribution in [0.25, 0.3) is 10.9 Å². The van der Waals surface area contributed by atoms with Gasteiger partial charge in [-0.3, -0.25) is 9.88 Å².